The quantitative estimate of drug-likeness (QED) is 0.416. The van der Waals surface area contributed by atoms with E-state index in [-0.39, 0.29) is 15.5 Å². The summed E-state index contributed by atoms with van der Waals surface area (Å²) in [7, 11) is -4.56. The number of carbonyl (C=O) groups is 1. The first-order chi connectivity index (χ1) is 14.0. The van der Waals surface area contributed by atoms with Crippen molar-refractivity contribution in [1.29, 1.82) is 0 Å². The van der Waals surface area contributed by atoms with Gasteiger partial charge in [-0.2, -0.15) is 17.5 Å². The Morgan fingerprint density at radius 3 is 2.17 bits per heavy atom. The molecule has 0 fully saturated rings. The lowest BCUT2D eigenvalue weighted by molar-refractivity contribution is -0.137. The van der Waals surface area contributed by atoms with Crippen molar-refractivity contribution in [2.45, 2.75) is 11.1 Å². The average Bonchev–Trinajstić information content (AvgIpc) is 2.68. The largest absolute Gasteiger partial charge is 0.416 e. The first-order valence-electron chi connectivity index (χ1n) is 8.29. The van der Waals surface area contributed by atoms with Crippen molar-refractivity contribution >= 4 is 49.1 Å². The molecular formula is C20H12BrClF3NO3S. The lowest BCUT2D eigenvalue weighted by atomic mass is 10.1. The number of amides is 1. The highest BCUT2D eigenvalue weighted by molar-refractivity contribution is 9.10. The van der Waals surface area contributed by atoms with Gasteiger partial charge in [0.2, 0.25) is 0 Å². The normalized spacial score (nSPS) is 11.9. The number of alkyl halides is 3. The summed E-state index contributed by atoms with van der Waals surface area (Å²) in [6.07, 6.45) is -4.72. The maximum absolute atomic E-state index is 13.3. The van der Waals surface area contributed by atoms with Crippen molar-refractivity contribution in [2.75, 3.05) is 4.31 Å². The van der Waals surface area contributed by atoms with Gasteiger partial charge in [0.25, 0.3) is 15.9 Å². The number of carbonyl (C=O) groups excluding carboxylic acids is 1. The van der Waals surface area contributed by atoms with Crippen LogP contribution in [-0.2, 0) is 16.2 Å². The second kappa shape index (κ2) is 8.41. The molecular weight excluding hydrogens is 507 g/mol. The van der Waals surface area contributed by atoms with Crippen LogP contribution in [0.15, 0.2) is 82.2 Å². The molecule has 3 aromatic carbocycles. The summed E-state index contributed by atoms with van der Waals surface area (Å²) in [6.45, 7) is 0. The molecule has 0 aromatic heterocycles. The third-order valence-electron chi connectivity index (χ3n) is 4.05. The standard InChI is InChI=1S/C20H12BrClF3NO3S/c21-18-7-2-1-6-17(18)19(27)26(15-5-3-4-13(12-15)20(23,24)25)30(28,29)16-10-8-14(22)9-11-16/h1-12H. The predicted octanol–water partition coefficient (Wildman–Crippen LogP) is 6.16. The van der Waals surface area contributed by atoms with Crippen LogP contribution in [-0.4, -0.2) is 14.3 Å². The Morgan fingerprint density at radius 2 is 1.57 bits per heavy atom. The molecule has 0 saturated carbocycles. The smallest absolute Gasteiger partial charge is 0.268 e. The van der Waals surface area contributed by atoms with Gasteiger partial charge in [-0.25, -0.2) is 8.42 Å². The van der Waals surface area contributed by atoms with E-state index < -0.39 is 33.4 Å². The molecule has 3 aromatic rings. The zero-order valence-corrected chi connectivity index (χ0v) is 18.1. The van der Waals surface area contributed by atoms with Crippen LogP contribution in [0.5, 0.6) is 0 Å². The Hall–Kier alpha value is -2.36. The first-order valence-corrected chi connectivity index (χ1v) is 10.9. The minimum atomic E-state index is -4.72. The SMILES string of the molecule is O=C(c1ccccc1Br)N(c1cccc(C(F)(F)F)c1)S(=O)(=O)c1ccc(Cl)cc1. The van der Waals surface area contributed by atoms with Gasteiger partial charge < -0.3 is 0 Å². The Balaban J connectivity index is 2.23. The summed E-state index contributed by atoms with van der Waals surface area (Å²) in [5, 5.41) is 0.261. The van der Waals surface area contributed by atoms with Crippen molar-refractivity contribution in [2.24, 2.45) is 0 Å². The van der Waals surface area contributed by atoms with E-state index in [0.29, 0.717) is 14.8 Å². The van der Waals surface area contributed by atoms with Crippen LogP contribution in [0.4, 0.5) is 18.9 Å². The van der Waals surface area contributed by atoms with E-state index >= 15 is 0 Å². The molecule has 3 rings (SSSR count). The molecule has 1 amide bonds. The van der Waals surface area contributed by atoms with Gasteiger partial charge in [-0.05, 0) is 70.5 Å². The summed E-state index contributed by atoms with van der Waals surface area (Å²) in [5.74, 6) is -1.02. The Morgan fingerprint density at radius 1 is 0.933 bits per heavy atom. The van der Waals surface area contributed by atoms with Crippen molar-refractivity contribution in [1.82, 2.24) is 0 Å². The molecule has 0 bridgehead atoms. The third kappa shape index (κ3) is 4.53. The third-order valence-corrected chi connectivity index (χ3v) is 6.72. The fraction of sp³-hybridized carbons (Fsp3) is 0.0500. The molecule has 0 N–H and O–H groups in total. The zero-order chi connectivity index (χ0) is 22.1. The topological polar surface area (TPSA) is 54.5 Å². The minimum Gasteiger partial charge on any atom is -0.268 e. The number of sulfonamides is 1. The fourth-order valence-corrected chi connectivity index (χ4v) is 4.61. The molecule has 0 radical (unpaired) electrons. The van der Waals surface area contributed by atoms with Gasteiger partial charge >= 0.3 is 6.18 Å². The van der Waals surface area contributed by atoms with Crippen LogP contribution in [0.25, 0.3) is 0 Å². The van der Waals surface area contributed by atoms with Crippen LogP contribution < -0.4 is 4.31 Å². The molecule has 0 atom stereocenters. The van der Waals surface area contributed by atoms with Crippen LogP contribution in [0.2, 0.25) is 5.02 Å². The van der Waals surface area contributed by atoms with E-state index in [1.54, 1.807) is 6.07 Å². The highest BCUT2D eigenvalue weighted by Gasteiger charge is 2.36. The van der Waals surface area contributed by atoms with Gasteiger partial charge in [-0.15, -0.1) is 0 Å². The van der Waals surface area contributed by atoms with Crippen molar-refractivity contribution in [3.05, 3.63) is 93.4 Å². The molecule has 0 aliphatic heterocycles. The number of benzene rings is 3. The second-order valence-corrected chi connectivity index (χ2v) is 9.13. The zero-order valence-electron chi connectivity index (χ0n) is 14.9. The Kier molecular flexibility index (Phi) is 6.26. The predicted molar refractivity (Wildman–Crippen MR) is 111 cm³/mol. The highest BCUT2D eigenvalue weighted by atomic mass is 79.9. The number of hydrogen-bond acceptors (Lipinski definition) is 3. The van der Waals surface area contributed by atoms with Crippen LogP contribution >= 0.6 is 27.5 Å². The van der Waals surface area contributed by atoms with Crippen LogP contribution in [0.1, 0.15) is 15.9 Å². The molecule has 0 aliphatic rings. The van der Waals surface area contributed by atoms with E-state index in [0.717, 1.165) is 18.2 Å². The maximum atomic E-state index is 13.3. The second-order valence-electron chi connectivity index (χ2n) is 6.06. The van der Waals surface area contributed by atoms with Gasteiger partial charge in [0.05, 0.1) is 21.7 Å². The Bertz CT molecular complexity index is 1200. The van der Waals surface area contributed by atoms with Crippen molar-refractivity contribution in [3.63, 3.8) is 0 Å². The van der Waals surface area contributed by atoms with Crippen LogP contribution in [0.3, 0.4) is 0 Å². The van der Waals surface area contributed by atoms with Crippen molar-refractivity contribution in [3.8, 4) is 0 Å². The van der Waals surface area contributed by atoms with E-state index in [4.69, 9.17) is 11.6 Å². The van der Waals surface area contributed by atoms with Gasteiger partial charge in [0.15, 0.2) is 0 Å². The lowest BCUT2D eigenvalue weighted by Gasteiger charge is -2.24. The number of anilines is 1. The lowest BCUT2D eigenvalue weighted by Crippen LogP contribution is -2.37. The monoisotopic (exact) mass is 517 g/mol. The fourth-order valence-electron chi connectivity index (χ4n) is 2.63. The molecule has 10 heteroatoms. The van der Waals surface area contributed by atoms with E-state index in [9.17, 15) is 26.4 Å². The molecule has 4 nitrogen and oxygen atoms in total. The van der Waals surface area contributed by atoms with Gasteiger partial charge in [0, 0.05) is 9.50 Å². The summed E-state index contributed by atoms with van der Waals surface area (Å²) in [6, 6.07) is 14.5. The van der Waals surface area contributed by atoms with Crippen LogP contribution in [0, 0.1) is 0 Å². The van der Waals surface area contributed by atoms with Gasteiger partial charge in [-0.1, -0.05) is 29.8 Å². The number of nitrogens with zero attached hydrogens (tertiary/aromatic N) is 1. The summed E-state index contributed by atoms with van der Waals surface area (Å²) in [4.78, 5) is 12.9. The summed E-state index contributed by atoms with van der Waals surface area (Å²) >= 11 is 8.98. The number of hydrogen-bond donors (Lipinski definition) is 0. The number of halogens is 5. The van der Waals surface area contributed by atoms with E-state index in [1.807, 2.05) is 0 Å². The molecule has 0 spiro atoms. The molecule has 0 saturated heterocycles. The molecule has 0 unspecified atom stereocenters. The van der Waals surface area contributed by atoms with E-state index in [1.165, 1.54) is 42.5 Å². The average molecular weight is 519 g/mol. The number of rotatable bonds is 4. The van der Waals surface area contributed by atoms with E-state index in [2.05, 4.69) is 15.9 Å². The first kappa shape index (κ1) is 22.3. The molecule has 30 heavy (non-hydrogen) atoms. The van der Waals surface area contributed by atoms with Gasteiger partial charge in [0.1, 0.15) is 0 Å². The molecule has 0 aliphatic carbocycles. The molecule has 0 heterocycles. The van der Waals surface area contributed by atoms with Crippen molar-refractivity contribution < 1.29 is 26.4 Å². The minimum absolute atomic E-state index is 0.0348. The molecule has 156 valence electrons. The maximum Gasteiger partial charge on any atom is 0.416 e. The summed E-state index contributed by atoms with van der Waals surface area (Å²) < 4.78 is 66.9. The van der Waals surface area contributed by atoms with Gasteiger partial charge in [-0.3, -0.25) is 4.79 Å². The summed E-state index contributed by atoms with van der Waals surface area (Å²) in [5.41, 5.74) is -1.57. The Labute approximate surface area is 184 Å². The highest BCUT2D eigenvalue weighted by Crippen LogP contribution is 2.34.